The Kier molecular flexibility index (Phi) is 5.08. The van der Waals surface area contributed by atoms with Gasteiger partial charge in [-0.3, -0.25) is 9.36 Å². The van der Waals surface area contributed by atoms with Crippen LogP contribution in [0.25, 0.3) is 16.9 Å². The minimum Gasteiger partial charge on any atom is -0.464 e. The molecule has 0 aliphatic heterocycles. The molecule has 1 aromatic carbocycles. The van der Waals surface area contributed by atoms with Crippen LogP contribution in [0.5, 0.6) is 0 Å². The van der Waals surface area contributed by atoms with Gasteiger partial charge in [0.05, 0.1) is 18.6 Å². The zero-order chi connectivity index (χ0) is 20.5. The highest BCUT2D eigenvalue weighted by Crippen LogP contribution is 2.28. The zero-order valence-corrected chi connectivity index (χ0v) is 16.6. The molecule has 0 unspecified atom stereocenters. The van der Waals surface area contributed by atoms with Crippen LogP contribution in [0.2, 0.25) is 0 Å². The van der Waals surface area contributed by atoms with Crippen LogP contribution in [0, 0.1) is 0 Å². The van der Waals surface area contributed by atoms with Gasteiger partial charge in [-0.05, 0) is 38.8 Å². The number of aromatic nitrogens is 4. The second-order valence-electron chi connectivity index (χ2n) is 7.32. The maximum Gasteiger partial charge on any atom is 0.337 e. The van der Waals surface area contributed by atoms with Gasteiger partial charge in [-0.25, -0.2) is 19.1 Å². The molecule has 3 aromatic rings. The smallest absolute Gasteiger partial charge is 0.337 e. The van der Waals surface area contributed by atoms with Crippen molar-refractivity contribution in [3.63, 3.8) is 0 Å². The van der Waals surface area contributed by atoms with Gasteiger partial charge in [-0.1, -0.05) is 31.0 Å². The molecule has 0 amide bonds. The minimum atomic E-state index is -0.730. The zero-order valence-electron chi connectivity index (χ0n) is 16.6. The Balaban J connectivity index is 2.03. The second-order valence-corrected chi connectivity index (χ2v) is 7.32. The van der Waals surface area contributed by atoms with Gasteiger partial charge >= 0.3 is 11.7 Å². The molecule has 0 spiro atoms. The average Bonchev–Trinajstić information content (AvgIpc) is 3.39. The number of imidazole rings is 1. The van der Waals surface area contributed by atoms with Gasteiger partial charge in [0.15, 0.2) is 11.2 Å². The Bertz CT molecular complexity index is 1150. The topological polar surface area (TPSA) is 88.1 Å². The predicted molar refractivity (Wildman–Crippen MR) is 108 cm³/mol. The Hall–Kier alpha value is -3.16. The van der Waals surface area contributed by atoms with Gasteiger partial charge in [0, 0.05) is 6.04 Å². The van der Waals surface area contributed by atoms with Gasteiger partial charge in [-0.2, -0.15) is 0 Å². The third-order valence-electron chi connectivity index (χ3n) is 5.55. The van der Waals surface area contributed by atoms with Crippen molar-refractivity contribution in [1.29, 1.82) is 0 Å². The lowest BCUT2D eigenvalue weighted by Crippen LogP contribution is -2.42. The summed E-state index contributed by atoms with van der Waals surface area (Å²) >= 11 is 0. The molecule has 0 bridgehead atoms. The van der Waals surface area contributed by atoms with E-state index in [0.29, 0.717) is 5.69 Å². The average molecular weight is 396 g/mol. The molecule has 8 nitrogen and oxygen atoms in total. The fraction of sp³-hybridized carbons (Fsp3) is 0.429. The molecule has 0 N–H and O–H groups in total. The lowest BCUT2D eigenvalue weighted by Gasteiger charge is -2.18. The molecule has 0 radical (unpaired) electrons. The molecule has 2 aromatic heterocycles. The van der Waals surface area contributed by atoms with Crippen LogP contribution >= 0.6 is 0 Å². The molecule has 29 heavy (non-hydrogen) atoms. The van der Waals surface area contributed by atoms with E-state index in [-0.39, 0.29) is 23.8 Å². The summed E-state index contributed by atoms with van der Waals surface area (Å²) in [4.78, 5) is 43.5. The number of carbonyl (C=O) groups excluding carboxylic acids is 1. The van der Waals surface area contributed by atoms with Crippen molar-refractivity contribution in [1.82, 2.24) is 18.7 Å². The highest BCUT2D eigenvalue weighted by atomic mass is 16.5. The molecule has 8 heteroatoms. The summed E-state index contributed by atoms with van der Waals surface area (Å²) in [5.74, 6) is -0.448. The molecule has 1 aliphatic carbocycles. The Labute approximate surface area is 167 Å². The maximum atomic E-state index is 13.4. The van der Waals surface area contributed by atoms with Crippen LogP contribution in [0.4, 0.5) is 0 Å². The first kappa shape index (κ1) is 19.2. The van der Waals surface area contributed by atoms with E-state index < -0.39 is 23.3 Å². The largest absolute Gasteiger partial charge is 0.464 e. The van der Waals surface area contributed by atoms with Crippen molar-refractivity contribution >= 4 is 17.1 Å². The van der Waals surface area contributed by atoms with Gasteiger partial charge in [0.1, 0.15) is 6.04 Å². The molecule has 1 fully saturated rings. The lowest BCUT2D eigenvalue weighted by molar-refractivity contribution is -0.146. The minimum absolute atomic E-state index is 0.143. The number of fused-ring (bicyclic) bond motifs is 1. The number of ether oxygens (including phenoxy) is 1. The fourth-order valence-electron chi connectivity index (χ4n) is 4.08. The Morgan fingerprint density at radius 2 is 1.90 bits per heavy atom. The highest BCUT2D eigenvalue weighted by molar-refractivity contribution is 5.79. The summed E-state index contributed by atoms with van der Waals surface area (Å²) in [6.45, 7) is 3.64. The monoisotopic (exact) mass is 396 g/mol. The molecule has 2 heterocycles. The van der Waals surface area contributed by atoms with E-state index in [4.69, 9.17) is 4.74 Å². The third kappa shape index (κ3) is 3.18. The van der Waals surface area contributed by atoms with E-state index in [1.807, 2.05) is 18.2 Å². The lowest BCUT2D eigenvalue weighted by atomic mass is 10.2. The summed E-state index contributed by atoms with van der Waals surface area (Å²) in [6.07, 6.45) is 4.98. The van der Waals surface area contributed by atoms with Gasteiger partial charge in [0.2, 0.25) is 0 Å². The number of rotatable bonds is 5. The molecule has 0 saturated heterocycles. The van der Waals surface area contributed by atoms with Crippen molar-refractivity contribution in [2.45, 2.75) is 51.6 Å². The van der Waals surface area contributed by atoms with Crippen molar-refractivity contribution in [3.8, 4) is 5.69 Å². The van der Waals surface area contributed by atoms with Crippen molar-refractivity contribution < 1.29 is 9.53 Å². The van der Waals surface area contributed by atoms with Gasteiger partial charge in [0.25, 0.3) is 5.56 Å². The van der Waals surface area contributed by atoms with Crippen molar-refractivity contribution in [2.24, 2.45) is 0 Å². The van der Waals surface area contributed by atoms with E-state index in [1.165, 1.54) is 20.0 Å². The first-order valence-corrected chi connectivity index (χ1v) is 10.0. The van der Waals surface area contributed by atoms with Gasteiger partial charge < -0.3 is 9.30 Å². The summed E-state index contributed by atoms with van der Waals surface area (Å²) < 4.78 is 9.44. The summed E-state index contributed by atoms with van der Waals surface area (Å²) in [5.41, 5.74) is 0.313. The van der Waals surface area contributed by atoms with E-state index >= 15 is 0 Å². The van der Waals surface area contributed by atoms with E-state index in [0.717, 1.165) is 25.7 Å². The fourth-order valence-corrected chi connectivity index (χ4v) is 4.08. The van der Waals surface area contributed by atoms with Crippen LogP contribution < -0.4 is 11.2 Å². The van der Waals surface area contributed by atoms with Gasteiger partial charge in [-0.15, -0.1) is 0 Å². The second kappa shape index (κ2) is 7.69. The van der Waals surface area contributed by atoms with Crippen molar-refractivity contribution in [2.75, 3.05) is 6.61 Å². The number of esters is 1. The first-order chi connectivity index (χ1) is 14.0. The highest BCUT2D eigenvalue weighted by Gasteiger charge is 2.28. The number of para-hydroxylation sites is 1. The summed E-state index contributed by atoms with van der Waals surface area (Å²) in [7, 11) is 0. The number of hydrogen-bond acceptors (Lipinski definition) is 5. The Morgan fingerprint density at radius 1 is 1.21 bits per heavy atom. The number of carbonyl (C=O) groups is 1. The summed E-state index contributed by atoms with van der Waals surface area (Å²) in [6, 6.07) is 8.26. The number of hydrogen-bond donors (Lipinski definition) is 0. The molecule has 4 rings (SSSR count). The number of nitrogens with zero attached hydrogens (tertiary/aromatic N) is 4. The normalized spacial score (nSPS) is 15.7. The molecule has 1 saturated carbocycles. The molecule has 1 atom stereocenters. The standard InChI is InChI=1S/C21H24N4O4/c1-3-29-20(27)14(2)23-13-22-18-17(23)19(26)25(16-11-7-8-12-16)21(28)24(18)15-9-5-4-6-10-15/h4-6,9-10,13-14,16H,3,7-8,11-12H2,1-2H3/t14-/m1/s1. The van der Waals surface area contributed by atoms with Crippen LogP contribution in [0.15, 0.2) is 46.2 Å². The molecule has 152 valence electrons. The third-order valence-corrected chi connectivity index (χ3v) is 5.55. The van der Waals surface area contributed by atoms with Crippen LogP contribution in [0.3, 0.4) is 0 Å². The molecular formula is C21H24N4O4. The van der Waals surface area contributed by atoms with Crippen LogP contribution in [-0.4, -0.2) is 31.3 Å². The predicted octanol–water partition coefficient (Wildman–Crippen LogP) is 2.59. The van der Waals surface area contributed by atoms with E-state index in [1.54, 1.807) is 26.0 Å². The molecule has 1 aliphatic rings. The van der Waals surface area contributed by atoms with Crippen molar-refractivity contribution in [3.05, 3.63) is 57.5 Å². The number of benzene rings is 1. The Morgan fingerprint density at radius 3 is 2.55 bits per heavy atom. The van der Waals surface area contributed by atoms with E-state index in [9.17, 15) is 14.4 Å². The molecular weight excluding hydrogens is 372 g/mol. The van der Waals surface area contributed by atoms with Crippen LogP contribution in [0.1, 0.15) is 51.6 Å². The first-order valence-electron chi connectivity index (χ1n) is 10.0. The SMILES string of the molecule is CCOC(=O)[C@@H](C)n1cnc2c1c(=O)n(C1CCCC1)c(=O)n2-c1ccccc1. The van der Waals surface area contributed by atoms with Crippen LogP contribution in [-0.2, 0) is 9.53 Å². The summed E-state index contributed by atoms with van der Waals surface area (Å²) in [5, 5.41) is 0. The quantitative estimate of drug-likeness (QED) is 0.619. The maximum absolute atomic E-state index is 13.4. The van der Waals surface area contributed by atoms with E-state index in [2.05, 4.69) is 4.98 Å².